The number of carbonyl (C=O) groups is 1. The Labute approximate surface area is 69.6 Å². The summed E-state index contributed by atoms with van der Waals surface area (Å²) < 4.78 is 6.25. The first-order chi connectivity index (χ1) is 5.61. The number of nitrogens with zero attached hydrogens (tertiary/aromatic N) is 2. The molecular weight excluding hydrogens is 160 g/mol. The summed E-state index contributed by atoms with van der Waals surface area (Å²) in [6.45, 7) is 1.34. The van der Waals surface area contributed by atoms with Gasteiger partial charge in [0.1, 0.15) is 6.10 Å². The Morgan fingerprint density at radius 3 is 2.92 bits per heavy atom. The van der Waals surface area contributed by atoms with Gasteiger partial charge in [0.25, 0.3) is 0 Å². The van der Waals surface area contributed by atoms with Crippen LogP contribution < -0.4 is 4.74 Å². The minimum atomic E-state index is -1.12. The maximum atomic E-state index is 10.8. The molecule has 12 heavy (non-hydrogen) atoms. The highest BCUT2D eigenvalue weighted by Crippen LogP contribution is 2.04. The zero-order valence-corrected chi connectivity index (χ0v) is 6.89. The number of aryl methyl sites for hydroxylation is 1. The number of rotatable bonds is 2. The lowest BCUT2D eigenvalue weighted by molar-refractivity contribution is -0.143. The summed E-state index contributed by atoms with van der Waals surface area (Å²) in [5.74, 6) is -0.704. The molecule has 0 aliphatic rings. The molecule has 0 bridgehead atoms. The molecule has 5 heteroatoms. The predicted molar refractivity (Wildman–Crippen MR) is 40.5 cm³/mol. The largest absolute Gasteiger partial charge is 0.390 e. The molecular formula is C7H10N2O3. The van der Waals surface area contributed by atoms with Gasteiger partial charge in [0.2, 0.25) is 0 Å². The fourth-order valence-electron chi connectivity index (χ4n) is 0.626. The van der Waals surface area contributed by atoms with Crippen molar-refractivity contribution in [3.63, 3.8) is 0 Å². The van der Waals surface area contributed by atoms with E-state index in [0.29, 0.717) is 0 Å². The lowest BCUT2D eigenvalue weighted by Crippen LogP contribution is -2.23. The van der Waals surface area contributed by atoms with Crippen LogP contribution in [0.2, 0.25) is 0 Å². The second-order valence-electron chi connectivity index (χ2n) is 2.42. The van der Waals surface area contributed by atoms with Gasteiger partial charge in [0, 0.05) is 19.4 Å². The van der Waals surface area contributed by atoms with Crippen molar-refractivity contribution in [1.82, 2.24) is 9.55 Å². The van der Waals surface area contributed by atoms with Crippen LogP contribution in [-0.2, 0) is 11.8 Å². The molecule has 1 unspecified atom stereocenters. The van der Waals surface area contributed by atoms with E-state index in [1.165, 1.54) is 13.1 Å². The molecule has 0 fully saturated rings. The number of ether oxygens (including phenoxy) is 1. The number of hydrogen-bond donors (Lipinski definition) is 1. The van der Waals surface area contributed by atoms with Crippen molar-refractivity contribution in [1.29, 1.82) is 0 Å². The third-order valence-corrected chi connectivity index (χ3v) is 1.31. The van der Waals surface area contributed by atoms with Crippen molar-refractivity contribution < 1.29 is 14.6 Å². The molecule has 0 spiro atoms. The van der Waals surface area contributed by atoms with Gasteiger partial charge in [-0.1, -0.05) is 0 Å². The molecule has 66 valence electrons. The zero-order valence-electron chi connectivity index (χ0n) is 6.89. The fraction of sp³-hybridized carbons (Fsp3) is 0.429. The van der Waals surface area contributed by atoms with Crippen LogP contribution in [0.15, 0.2) is 12.4 Å². The third kappa shape index (κ3) is 1.82. The molecule has 5 nitrogen and oxygen atoms in total. The van der Waals surface area contributed by atoms with E-state index in [1.807, 2.05) is 0 Å². The molecule has 1 heterocycles. The average Bonchev–Trinajstić information content (AvgIpc) is 2.36. The summed E-state index contributed by atoms with van der Waals surface area (Å²) in [6, 6.07) is 0.181. The van der Waals surface area contributed by atoms with Crippen LogP contribution in [0.3, 0.4) is 0 Å². The van der Waals surface area contributed by atoms with Gasteiger partial charge in [-0.25, -0.2) is 9.78 Å². The van der Waals surface area contributed by atoms with Crippen LogP contribution in [0.25, 0.3) is 0 Å². The molecule has 0 aliphatic heterocycles. The first-order valence-corrected chi connectivity index (χ1v) is 3.48. The van der Waals surface area contributed by atoms with E-state index < -0.39 is 12.1 Å². The Morgan fingerprint density at radius 2 is 2.50 bits per heavy atom. The van der Waals surface area contributed by atoms with Crippen LogP contribution in [-0.4, -0.2) is 26.7 Å². The van der Waals surface area contributed by atoms with Crippen molar-refractivity contribution in [2.45, 2.75) is 13.0 Å². The average molecular weight is 170 g/mol. The Kier molecular flexibility index (Phi) is 2.44. The number of hydrogen-bond acceptors (Lipinski definition) is 4. The molecule has 0 radical (unpaired) electrons. The molecule has 0 saturated heterocycles. The summed E-state index contributed by atoms with van der Waals surface area (Å²) >= 11 is 0. The van der Waals surface area contributed by atoms with Gasteiger partial charge in [-0.15, -0.1) is 0 Å². The number of aromatic nitrogens is 2. The standard InChI is InChI=1S/C7H10N2O3/c1-5(10)6(11)12-7-8-3-4-9(7)2/h3-5,10H,1-2H3. The summed E-state index contributed by atoms with van der Waals surface area (Å²) in [6.07, 6.45) is 2.02. The van der Waals surface area contributed by atoms with Gasteiger partial charge in [-0.3, -0.25) is 0 Å². The minimum Gasteiger partial charge on any atom is -0.390 e. The predicted octanol–water partition coefficient (Wildman–Crippen LogP) is -0.294. The lowest BCUT2D eigenvalue weighted by atomic mass is 10.4. The molecule has 1 N–H and O–H groups in total. The number of esters is 1. The Bertz CT molecular complexity index is 280. The van der Waals surface area contributed by atoms with Crippen LogP contribution in [0.5, 0.6) is 6.01 Å². The van der Waals surface area contributed by atoms with Gasteiger partial charge < -0.3 is 14.4 Å². The number of aliphatic hydroxyl groups excluding tert-OH is 1. The van der Waals surface area contributed by atoms with Crippen LogP contribution in [0.4, 0.5) is 0 Å². The molecule has 0 aliphatic carbocycles. The molecule has 1 rings (SSSR count). The maximum Gasteiger partial charge on any atom is 0.342 e. The van der Waals surface area contributed by atoms with Crippen LogP contribution in [0, 0.1) is 0 Å². The monoisotopic (exact) mass is 170 g/mol. The summed E-state index contributed by atoms with van der Waals surface area (Å²) in [7, 11) is 1.69. The van der Waals surface area contributed by atoms with E-state index in [1.54, 1.807) is 17.8 Å². The molecule has 1 atom stereocenters. The molecule has 0 amide bonds. The van der Waals surface area contributed by atoms with E-state index in [4.69, 9.17) is 9.84 Å². The SMILES string of the molecule is CC(O)C(=O)Oc1nccn1C. The number of carbonyl (C=O) groups excluding carboxylic acids is 1. The van der Waals surface area contributed by atoms with Gasteiger partial charge in [-0.05, 0) is 6.92 Å². The van der Waals surface area contributed by atoms with E-state index in [-0.39, 0.29) is 6.01 Å². The Hall–Kier alpha value is -1.36. The van der Waals surface area contributed by atoms with E-state index in [9.17, 15) is 4.79 Å². The van der Waals surface area contributed by atoms with Crippen molar-refractivity contribution in [2.75, 3.05) is 0 Å². The molecule has 1 aromatic heterocycles. The highest BCUT2D eigenvalue weighted by atomic mass is 16.6. The van der Waals surface area contributed by atoms with E-state index >= 15 is 0 Å². The normalized spacial score (nSPS) is 12.6. The number of imidazole rings is 1. The third-order valence-electron chi connectivity index (χ3n) is 1.31. The van der Waals surface area contributed by atoms with Gasteiger partial charge in [0.15, 0.2) is 0 Å². The first kappa shape index (κ1) is 8.73. The van der Waals surface area contributed by atoms with Gasteiger partial charge in [-0.2, -0.15) is 0 Å². The van der Waals surface area contributed by atoms with Crippen molar-refractivity contribution >= 4 is 5.97 Å². The van der Waals surface area contributed by atoms with E-state index in [2.05, 4.69) is 4.98 Å². The fourth-order valence-corrected chi connectivity index (χ4v) is 0.626. The zero-order chi connectivity index (χ0) is 9.14. The first-order valence-electron chi connectivity index (χ1n) is 3.48. The van der Waals surface area contributed by atoms with Crippen molar-refractivity contribution in [3.05, 3.63) is 12.4 Å². The van der Waals surface area contributed by atoms with Crippen molar-refractivity contribution in [2.24, 2.45) is 7.05 Å². The van der Waals surface area contributed by atoms with Gasteiger partial charge >= 0.3 is 12.0 Å². The summed E-state index contributed by atoms with van der Waals surface area (Å²) in [5, 5.41) is 8.80. The Balaban J connectivity index is 2.64. The van der Waals surface area contributed by atoms with Gasteiger partial charge in [0.05, 0.1) is 0 Å². The minimum absolute atomic E-state index is 0.181. The van der Waals surface area contributed by atoms with E-state index in [0.717, 1.165) is 0 Å². The second kappa shape index (κ2) is 3.36. The second-order valence-corrected chi connectivity index (χ2v) is 2.42. The lowest BCUT2D eigenvalue weighted by Gasteiger charge is -2.04. The molecule has 0 aromatic carbocycles. The van der Waals surface area contributed by atoms with Crippen LogP contribution in [0.1, 0.15) is 6.92 Å². The number of aliphatic hydroxyl groups is 1. The van der Waals surface area contributed by atoms with Crippen LogP contribution >= 0.6 is 0 Å². The molecule has 0 saturated carbocycles. The van der Waals surface area contributed by atoms with Crippen molar-refractivity contribution in [3.8, 4) is 6.01 Å². The molecule has 1 aromatic rings. The quantitative estimate of drug-likeness (QED) is 0.619. The maximum absolute atomic E-state index is 10.8. The highest BCUT2D eigenvalue weighted by molar-refractivity contribution is 5.75. The smallest absolute Gasteiger partial charge is 0.342 e. The summed E-state index contributed by atoms with van der Waals surface area (Å²) in [5.41, 5.74) is 0. The topological polar surface area (TPSA) is 64.3 Å². The summed E-state index contributed by atoms with van der Waals surface area (Å²) in [4.78, 5) is 14.6. The highest BCUT2D eigenvalue weighted by Gasteiger charge is 2.13. The Morgan fingerprint density at radius 1 is 1.83 bits per heavy atom.